The van der Waals surface area contributed by atoms with Crippen molar-refractivity contribution in [3.63, 3.8) is 0 Å². The van der Waals surface area contributed by atoms with Crippen LogP contribution in [0.1, 0.15) is 11.1 Å². The van der Waals surface area contributed by atoms with E-state index in [0.29, 0.717) is 5.56 Å². The summed E-state index contributed by atoms with van der Waals surface area (Å²) in [5.74, 6) is -0.700. The lowest BCUT2D eigenvalue weighted by Gasteiger charge is -2.26. The number of benzene rings is 2. The van der Waals surface area contributed by atoms with Gasteiger partial charge in [0.25, 0.3) is 12.3 Å². The predicted molar refractivity (Wildman–Crippen MR) is 96.2 cm³/mol. The third-order valence-corrected chi connectivity index (χ3v) is 4.37. The summed E-state index contributed by atoms with van der Waals surface area (Å²) in [5.41, 5.74) is 4.79. The Labute approximate surface area is 163 Å². The minimum atomic E-state index is -3.00. The van der Waals surface area contributed by atoms with Gasteiger partial charge in [0.15, 0.2) is 18.2 Å². The fraction of sp³-hybridized carbons (Fsp3) is 0.263. The number of halogens is 4. The SMILES string of the molecule is CN1C(=O)[C@@](c2ccc(OC(F)F)cc2)(c2cccc(OC(F)CF)c2)N=C1N. The first kappa shape index (κ1) is 20.4. The minimum absolute atomic E-state index is 0.0131. The molecule has 2 N–H and O–H groups in total. The highest BCUT2D eigenvalue weighted by Crippen LogP contribution is 2.41. The number of likely N-dealkylation sites (N-methyl/N-ethyl adjacent to an activating group) is 1. The number of carbonyl (C=O) groups is 1. The van der Waals surface area contributed by atoms with Crippen LogP contribution in [-0.4, -0.2) is 43.5 Å². The number of amides is 1. The molecule has 0 spiro atoms. The van der Waals surface area contributed by atoms with Crippen LogP contribution in [0.25, 0.3) is 0 Å². The van der Waals surface area contributed by atoms with E-state index < -0.39 is 31.1 Å². The molecule has 3 rings (SSSR count). The van der Waals surface area contributed by atoms with E-state index in [1.54, 1.807) is 6.07 Å². The molecule has 0 aliphatic carbocycles. The Morgan fingerprint density at radius 3 is 2.31 bits per heavy atom. The fourth-order valence-corrected chi connectivity index (χ4v) is 3.04. The van der Waals surface area contributed by atoms with Gasteiger partial charge in [-0.2, -0.15) is 13.2 Å². The molecule has 2 aromatic carbocycles. The summed E-state index contributed by atoms with van der Waals surface area (Å²) in [6, 6.07) is 11.1. The zero-order valence-corrected chi connectivity index (χ0v) is 15.2. The second-order valence-corrected chi connectivity index (χ2v) is 6.16. The molecule has 29 heavy (non-hydrogen) atoms. The van der Waals surface area contributed by atoms with Gasteiger partial charge in [-0.15, -0.1) is 0 Å². The van der Waals surface area contributed by atoms with Crippen molar-refractivity contribution in [2.24, 2.45) is 10.7 Å². The molecule has 0 fully saturated rings. The van der Waals surface area contributed by atoms with Gasteiger partial charge in [0.2, 0.25) is 0 Å². The number of rotatable bonds is 7. The molecular weight excluding hydrogens is 394 g/mol. The Hall–Kier alpha value is -3.30. The molecule has 2 aromatic rings. The third-order valence-electron chi connectivity index (χ3n) is 4.37. The summed E-state index contributed by atoms with van der Waals surface area (Å²) in [6.45, 7) is -4.34. The second-order valence-electron chi connectivity index (χ2n) is 6.16. The van der Waals surface area contributed by atoms with Crippen molar-refractivity contribution in [2.45, 2.75) is 18.5 Å². The van der Waals surface area contributed by atoms with E-state index >= 15 is 0 Å². The Morgan fingerprint density at radius 1 is 1.07 bits per heavy atom. The molecule has 0 bridgehead atoms. The van der Waals surface area contributed by atoms with Gasteiger partial charge in [-0.05, 0) is 35.4 Å². The summed E-state index contributed by atoms with van der Waals surface area (Å²) in [5, 5.41) is 0. The van der Waals surface area contributed by atoms with E-state index in [2.05, 4.69) is 9.73 Å². The van der Waals surface area contributed by atoms with Crippen molar-refractivity contribution in [1.82, 2.24) is 4.90 Å². The molecule has 2 atom stereocenters. The largest absolute Gasteiger partial charge is 0.458 e. The summed E-state index contributed by atoms with van der Waals surface area (Å²) in [7, 11) is 1.43. The normalized spacial score (nSPS) is 20.0. The molecule has 1 heterocycles. The maximum absolute atomic E-state index is 13.3. The zero-order chi connectivity index (χ0) is 21.2. The maximum Gasteiger partial charge on any atom is 0.387 e. The lowest BCUT2D eigenvalue weighted by atomic mass is 9.82. The number of guanidine groups is 1. The van der Waals surface area contributed by atoms with E-state index in [9.17, 15) is 22.4 Å². The first-order valence-corrected chi connectivity index (χ1v) is 8.44. The van der Waals surface area contributed by atoms with Crippen LogP contribution in [0.2, 0.25) is 0 Å². The smallest absolute Gasteiger partial charge is 0.387 e. The fourth-order valence-electron chi connectivity index (χ4n) is 3.04. The molecule has 0 radical (unpaired) electrons. The molecular formula is C19H17F4N3O3. The average Bonchev–Trinajstić information content (AvgIpc) is 2.93. The van der Waals surface area contributed by atoms with Crippen LogP contribution in [0.3, 0.4) is 0 Å². The van der Waals surface area contributed by atoms with E-state index in [4.69, 9.17) is 10.5 Å². The van der Waals surface area contributed by atoms with Gasteiger partial charge in [0.05, 0.1) is 0 Å². The van der Waals surface area contributed by atoms with Crippen molar-refractivity contribution < 1.29 is 31.8 Å². The topological polar surface area (TPSA) is 77.2 Å². The number of ether oxygens (including phenoxy) is 2. The number of alkyl halides is 4. The van der Waals surface area contributed by atoms with Crippen LogP contribution < -0.4 is 15.2 Å². The first-order chi connectivity index (χ1) is 13.8. The molecule has 1 aliphatic rings. The summed E-state index contributed by atoms with van der Waals surface area (Å²) >= 11 is 0. The maximum atomic E-state index is 13.3. The van der Waals surface area contributed by atoms with Gasteiger partial charge in [-0.25, -0.2) is 9.38 Å². The molecule has 6 nitrogen and oxygen atoms in total. The van der Waals surface area contributed by atoms with Crippen molar-refractivity contribution in [3.8, 4) is 11.5 Å². The highest BCUT2D eigenvalue weighted by Gasteiger charge is 2.49. The monoisotopic (exact) mass is 411 g/mol. The van der Waals surface area contributed by atoms with Gasteiger partial charge in [-0.1, -0.05) is 24.3 Å². The molecule has 0 saturated carbocycles. The predicted octanol–water partition coefficient (Wildman–Crippen LogP) is 2.96. The number of hydrogen-bond acceptors (Lipinski definition) is 5. The number of nitrogens with two attached hydrogens (primary N) is 1. The highest BCUT2D eigenvalue weighted by atomic mass is 19.3. The first-order valence-electron chi connectivity index (χ1n) is 8.44. The van der Waals surface area contributed by atoms with Gasteiger partial charge < -0.3 is 15.2 Å². The van der Waals surface area contributed by atoms with Crippen molar-refractivity contribution >= 4 is 11.9 Å². The van der Waals surface area contributed by atoms with Gasteiger partial charge in [0, 0.05) is 7.05 Å². The van der Waals surface area contributed by atoms with E-state index in [-0.39, 0.29) is 23.0 Å². The van der Waals surface area contributed by atoms with Gasteiger partial charge in [-0.3, -0.25) is 9.69 Å². The second kappa shape index (κ2) is 7.98. The van der Waals surface area contributed by atoms with E-state index in [0.717, 1.165) is 4.90 Å². The lowest BCUT2D eigenvalue weighted by molar-refractivity contribution is -0.129. The van der Waals surface area contributed by atoms with E-state index in [1.165, 1.54) is 49.5 Å². The van der Waals surface area contributed by atoms with Crippen LogP contribution in [0.4, 0.5) is 17.6 Å². The molecule has 1 unspecified atom stereocenters. The zero-order valence-electron chi connectivity index (χ0n) is 15.2. The number of aliphatic imine (C=N–C) groups is 1. The Kier molecular flexibility index (Phi) is 5.62. The molecule has 154 valence electrons. The molecule has 1 amide bonds. The molecule has 0 saturated heterocycles. The molecule has 1 aliphatic heterocycles. The summed E-state index contributed by atoms with van der Waals surface area (Å²) in [6.07, 6.45) is -2.16. The Morgan fingerprint density at radius 2 is 1.76 bits per heavy atom. The Balaban J connectivity index is 2.09. The molecule has 0 aromatic heterocycles. The van der Waals surface area contributed by atoms with E-state index in [1.807, 2.05) is 0 Å². The number of hydrogen-bond donors (Lipinski definition) is 1. The van der Waals surface area contributed by atoms with Crippen LogP contribution in [0, 0.1) is 0 Å². The standard InChI is InChI=1S/C19H17F4N3O3/c1-26-16(27)19(25-18(26)24,11-5-7-13(8-6-11)29-17(22)23)12-3-2-4-14(9-12)28-15(21)10-20/h2-9,15,17H,10H2,1H3,(H2,24,25)/t15?,19-/m1/s1. The molecule has 10 heteroatoms. The highest BCUT2D eigenvalue weighted by molar-refractivity contribution is 6.08. The van der Waals surface area contributed by atoms with Crippen molar-refractivity contribution in [3.05, 3.63) is 59.7 Å². The number of nitrogens with zero attached hydrogens (tertiary/aromatic N) is 2. The third kappa shape index (κ3) is 3.82. The van der Waals surface area contributed by atoms with Crippen LogP contribution in [0.5, 0.6) is 11.5 Å². The lowest BCUT2D eigenvalue weighted by Crippen LogP contribution is -2.41. The summed E-state index contributed by atoms with van der Waals surface area (Å²) < 4.78 is 59.7. The summed E-state index contributed by atoms with van der Waals surface area (Å²) in [4.78, 5) is 18.5. The van der Waals surface area contributed by atoms with Crippen LogP contribution >= 0.6 is 0 Å². The average molecular weight is 411 g/mol. The van der Waals surface area contributed by atoms with Crippen molar-refractivity contribution in [2.75, 3.05) is 13.7 Å². The Bertz CT molecular complexity index is 923. The van der Waals surface area contributed by atoms with Gasteiger partial charge >= 0.3 is 6.61 Å². The van der Waals surface area contributed by atoms with Crippen molar-refractivity contribution in [1.29, 1.82) is 0 Å². The minimum Gasteiger partial charge on any atom is -0.458 e. The number of carbonyl (C=O) groups excluding carboxylic acids is 1. The van der Waals surface area contributed by atoms with Crippen LogP contribution in [-0.2, 0) is 10.3 Å². The van der Waals surface area contributed by atoms with Crippen LogP contribution in [0.15, 0.2) is 53.5 Å². The quantitative estimate of drug-likeness (QED) is 0.711. The van der Waals surface area contributed by atoms with Gasteiger partial charge in [0.1, 0.15) is 11.5 Å².